The minimum absolute atomic E-state index is 0.0920. The summed E-state index contributed by atoms with van der Waals surface area (Å²) in [7, 11) is 0. The van der Waals surface area contributed by atoms with Gasteiger partial charge in [-0.1, -0.05) is 6.07 Å². The van der Waals surface area contributed by atoms with E-state index in [-0.39, 0.29) is 5.69 Å². The predicted octanol–water partition coefficient (Wildman–Crippen LogP) is 3.13. The Balaban J connectivity index is 2.34. The first-order chi connectivity index (χ1) is 8.99. The molecule has 0 aliphatic carbocycles. The number of benzene rings is 1. The lowest BCUT2D eigenvalue weighted by atomic mass is 10.1. The Kier molecular flexibility index (Phi) is 3.80. The summed E-state index contributed by atoms with van der Waals surface area (Å²) >= 11 is 3.19. The molecule has 2 aromatic rings. The molecule has 0 radical (unpaired) electrons. The number of carbonyl (C=O) groups is 1. The zero-order valence-corrected chi connectivity index (χ0v) is 11.7. The average molecular weight is 324 g/mol. The summed E-state index contributed by atoms with van der Waals surface area (Å²) in [5, 5.41) is 2.51. The SMILES string of the molecule is Cc1ncc(N)cc1C(=O)Nc1c(F)cccc1Br. The van der Waals surface area contributed by atoms with Gasteiger partial charge < -0.3 is 11.1 Å². The smallest absolute Gasteiger partial charge is 0.257 e. The lowest BCUT2D eigenvalue weighted by Crippen LogP contribution is -2.15. The minimum atomic E-state index is -0.516. The van der Waals surface area contributed by atoms with Crippen molar-refractivity contribution in [1.82, 2.24) is 4.98 Å². The van der Waals surface area contributed by atoms with E-state index in [0.29, 0.717) is 21.4 Å². The zero-order chi connectivity index (χ0) is 14.0. The van der Waals surface area contributed by atoms with Gasteiger partial charge >= 0.3 is 0 Å². The number of nitrogen functional groups attached to an aromatic ring is 1. The molecule has 2 rings (SSSR count). The van der Waals surface area contributed by atoms with Crippen molar-refractivity contribution in [2.45, 2.75) is 6.92 Å². The molecule has 1 heterocycles. The maximum Gasteiger partial charge on any atom is 0.257 e. The number of nitrogens with one attached hydrogen (secondary N) is 1. The number of pyridine rings is 1. The summed E-state index contributed by atoms with van der Waals surface area (Å²) in [4.78, 5) is 16.1. The third-order valence-electron chi connectivity index (χ3n) is 2.55. The van der Waals surface area contributed by atoms with Crippen LogP contribution in [0.15, 0.2) is 34.9 Å². The fraction of sp³-hybridized carbons (Fsp3) is 0.0769. The van der Waals surface area contributed by atoms with E-state index in [1.807, 2.05) is 0 Å². The second-order valence-electron chi connectivity index (χ2n) is 3.95. The Hall–Kier alpha value is -1.95. The van der Waals surface area contributed by atoms with Crippen molar-refractivity contribution in [2.75, 3.05) is 11.1 Å². The highest BCUT2D eigenvalue weighted by atomic mass is 79.9. The molecule has 0 bridgehead atoms. The topological polar surface area (TPSA) is 68.0 Å². The van der Waals surface area contributed by atoms with E-state index in [2.05, 4.69) is 26.2 Å². The van der Waals surface area contributed by atoms with Gasteiger partial charge in [-0.3, -0.25) is 9.78 Å². The zero-order valence-electron chi connectivity index (χ0n) is 10.1. The molecule has 0 aliphatic rings. The van der Waals surface area contributed by atoms with Crippen LogP contribution in [0.4, 0.5) is 15.8 Å². The molecule has 0 atom stereocenters. The molecule has 0 aliphatic heterocycles. The number of amides is 1. The van der Waals surface area contributed by atoms with Gasteiger partial charge in [-0.05, 0) is 41.1 Å². The molecule has 0 saturated heterocycles. The third-order valence-corrected chi connectivity index (χ3v) is 3.21. The first-order valence-electron chi connectivity index (χ1n) is 5.46. The van der Waals surface area contributed by atoms with Gasteiger partial charge in [0, 0.05) is 4.47 Å². The van der Waals surface area contributed by atoms with Crippen molar-refractivity contribution >= 4 is 33.2 Å². The highest BCUT2D eigenvalue weighted by Crippen LogP contribution is 2.26. The monoisotopic (exact) mass is 323 g/mol. The highest BCUT2D eigenvalue weighted by molar-refractivity contribution is 9.10. The fourth-order valence-corrected chi connectivity index (χ4v) is 2.02. The number of aryl methyl sites for hydroxylation is 1. The lowest BCUT2D eigenvalue weighted by Gasteiger charge is -2.10. The summed E-state index contributed by atoms with van der Waals surface area (Å²) < 4.78 is 14.1. The molecular weight excluding hydrogens is 313 g/mol. The summed E-state index contributed by atoms with van der Waals surface area (Å²) in [6, 6.07) is 5.96. The van der Waals surface area contributed by atoms with Gasteiger partial charge in [0.25, 0.3) is 5.91 Å². The maximum absolute atomic E-state index is 13.6. The van der Waals surface area contributed by atoms with Crippen LogP contribution in [0, 0.1) is 12.7 Å². The Labute approximate surface area is 118 Å². The Morgan fingerprint density at radius 3 is 2.89 bits per heavy atom. The van der Waals surface area contributed by atoms with E-state index in [0.717, 1.165) is 0 Å². The Bertz CT molecular complexity index is 626. The van der Waals surface area contributed by atoms with Crippen LogP contribution in [0.2, 0.25) is 0 Å². The number of hydrogen-bond acceptors (Lipinski definition) is 3. The molecule has 3 N–H and O–H groups in total. The Morgan fingerprint density at radius 2 is 2.21 bits per heavy atom. The number of carbonyl (C=O) groups excluding carboxylic acids is 1. The van der Waals surface area contributed by atoms with E-state index in [9.17, 15) is 9.18 Å². The van der Waals surface area contributed by atoms with Gasteiger partial charge in [0.2, 0.25) is 0 Å². The molecule has 4 nitrogen and oxygen atoms in total. The number of hydrogen-bond donors (Lipinski definition) is 2. The van der Waals surface area contributed by atoms with Crippen LogP contribution in [0.25, 0.3) is 0 Å². The van der Waals surface area contributed by atoms with Gasteiger partial charge in [0.15, 0.2) is 0 Å². The van der Waals surface area contributed by atoms with E-state index < -0.39 is 11.7 Å². The van der Waals surface area contributed by atoms with Gasteiger partial charge in [-0.25, -0.2) is 4.39 Å². The average Bonchev–Trinajstić information content (AvgIpc) is 2.37. The molecule has 0 spiro atoms. The van der Waals surface area contributed by atoms with Crippen LogP contribution in [-0.2, 0) is 0 Å². The molecule has 0 saturated carbocycles. The number of nitrogens with two attached hydrogens (primary N) is 1. The molecule has 19 heavy (non-hydrogen) atoms. The summed E-state index contributed by atoms with van der Waals surface area (Å²) in [5.74, 6) is -0.972. The molecule has 0 fully saturated rings. The molecule has 1 aromatic heterocycles. The van der Waals surface area contributed by atoms with Crippen molar-refractivity contribution in [1.29, 1.82) is 0 Å². The predicted molar refractivity (Wildman–Crippen MR) is 75.4 cm³/mol. The summed E-state index contributed by atoms with van der Waals surface area (Å²) in [5.41, 5.74) is 6.90. The molecule has 1 amide bonds. The number of para-hydroxylation sites is 1. The molecule has 0 unspecified atom stereocenters. The quantitative estimate of drug-likeness (QED) is 0.892. The molecule has 1 aromatic carbocycles. The van der Waals surface area contributed by atoms with Crippen molar-refractivity contribution in [3.8, 4) is 0 Å². The van der Waals surface area contributed by atoms with E-state index in [1.165, 1.54) is 18.3 Å². The van der Waals surface area contributed by atoms with Crippen LogP contribution in [0.3, 0.4) is 0 Å². The van der Waals surface area contributed by atoms with Crippen molar-refractivity contribution in [2.24, 2.45) is 0 Å². The van der Waals surface area contributed by atoms with Gasteiger partial charge in [-0.2, -0.15) is 0 Å². The van der Waals surface area contributed by atoms with E-state index in [1.54, 1.807) is 19.1 Å². The molecular formula is C13H11BrFN3O. The van der Waals surface area contributed by atoms with Gasteiger partial charge in [0.1, 0.15) is 5.82 Å². The van der Waals surface area contributed by atoms with Crippen molar-refractivity contribution in [3.05, 3.63) is 52.0 Å². The number of halogens is 2. The molecule has 6 heteroatoms. The standard InChI is InChI=1S/C13H11BrFN3O/c1-7-9(5-8(16)6-17-7)13(19)18-12-10(14)3-2-4-11(12)15/h2-6H,16H2,1H3,(H,18,19). The fourth-order valence-electron chi connectivity index (χ4n) is 1.58. The van der Waals surface area contributed by atoms with Crippen molar-refractivity contribution < 1.29 is 9.18 Å². The minimum Gasteiger partial charge on any atom is -0.397 e. The summed E-state index contributed by atoms with van der Waals surface area (Å²) in [6.07, 6.45) is 1.46. The number of nitrogens with zero attached hydrogens (tertiary/aromatic N) is 1. The Morgan fingerprint density at radius 1 is 1.47 bits per heavy atom. The second-order valence-corrected chi connectivity index (χ2v) is 4.81. The largest absolute Gasteiger partial charge is 0.397 e. The van der Waals surface area contributed by atoms with Crippen LogP contribution >= 0.6 is 15.9 Å². The number of aromatic nitrogens is 1. The van der Waals surface area contributed by atoms with Crippen LogP contribution < -0.4 is 11.1 Å². The van der Waals surface area contributed by atoms with Gasteiger partial charge in [0.05, 0.1) is 28.8 Å². The summed E-state index contributed by atoms with van der Waals surface area (Å²) in [6.45, 7) is 1.69. The van der Waals surface area contributed by atoms with Crippen LogP contribution in [0.5, 0.6) is 0 Å². The van der Waals surface area contributed by atoms with Crippen LogP contribution in [0.1, 0.15) is 16.1 Å². The highest BCUT2D eigenvalue weighted by Gasteiger charge is 2.14. The van der Waals surface area contributed by atoms with Crippen molar-refractivity contribution in [3.63, 3.8) is 0 Å². The van der Waals surface area contributed by atoms with E-state index in [4.69, 9.17) is 5.73 Å². The van der Waals surface area contributed by atoms with Crippen LogP contribution in [-0.4, -0.2) is 10.9 Å². The lowest BCUT2D eigenvalue weighted by molar-refractivity contribution is 0.102. The maximum atomic E-state index is 13.6. The second kappa shape index (κ2) is 5.36. The van der Waals surface area contributed by atoms with E-state index >= 15 is 0 Å². The first kappa shape index (κ1) is 13.5. The number of rotatable bonds is 2. The third kappa shape index (κ3) is 2.90. The normalized spacial score (nSPS) is 10.3. The number of anilines is 2. The first-order valence-corrected chi connectivity index (χ1v) is 6.26. The molecule has 98 valence electrons. The van der Waals surface area contributed by atoms with Gasteiger partial charge in [-0.15, -0.1) is 0 Å².